The van der Waals surface area contributed by atoms with Gasteiger partial charge in [0, 0.05) is 4.47 Å². The van der Waals surface area contributed by atoms with E-state index in [1.165, 1.54) is 5.56 Å². The van der Waals surface area contributed by atoms with Gasteiger partial charge in [0.25, 0.3) is 0 Å². The molecule has 1 aromatic heterocycles. The van der Waals surface area contributed by atoms with Crippen LogP contribution < -0.4 is 0 Å². The molecule has 13 heavy (non-hydrogen) atoms. The standard InChI is InChI=1S/C9H8BrN3/c1-7-2-3-8(10)9(6-7)13-11-4-5-12-13/h2-6H,1H3. The van der Waals surface area contributed by atoms with Crippen LogP contribution in [0.15, 0.2) is 35.1 Å². The molecule has 4 heteroatoms. The Morgan fingerprint density at radius 1 is 1.23 bits per heavy atom. The lowest BCUT2D eigenvalue weighted by atomic mass is 10.2. The molecule has 0 aliphatic carbocycles. The first-order chi connectivity index (χ1) is 6.27. The van der Waals surface area contributed by atoms with Crippen LogP contribution in [0.3, 0.4) is 0 Å². The van der Waals surface area contributed by atoms with Crippen molar-refractivity contribution in [2.24, 2.45) is 0 Å². The molecule has 2 aromatic rings. The van der Waals surface area contributed by atoms with Gasteiger partial charge in [-0.15, -0.1) is 0 Å². The molecular weight excluding hydrogens is 230 g/mol. The molecule has 0 aliphatic heterocycles. The molecular formula is C9H8BrN3. The smallest absolute Gasteiger partial charge is 0.100 e. The van der Waals surface area contributed by atoms with Crippen molar-refractivity contribution in [3.8, 4) is 5.69 Å². The van der Waals surface area contributed by atoms with Gasteiger partial charge < -0.3 is 0 Å². The van der Waals surface area contributed by atoms with Gasteiger partial charge in [0.2, 0.25) is 0 Å². The first kappa shape index (κ1) is 8.44. The number of hydrogen-bond donors (Lipinski definition) is 0. The van der Waals surface area contributed by atoms with Gasteiger partial charge >= 0.3 is 0 Å². The highest BCUT2D eigenvalue weighted by Crippen LogP contribution is 2.20. The van der Waals surface area contributed by atoms with Gasteiger partial charge in [-0.25, -0.2) is 0 Å². The fraction of sp³-hybridized carbons (Fsp3) is 0.111. The van der Waals surface area contributed by atoms with Crippen molar-refractivity contribution in [3.63, 3.8) is 0 Å². The van der Waals surface area contributed by atoms with Crippen LogP contribution in [0.1, 0.15) is 5.56 Å². The molecule has 0 atom stereocenters. The van der Waals surface area contributed by atoms with Crippen molar-refractivity contribution in [1.29, 1.82) is 0 Å². The normalized spacial score (nSPS) is 10.3. The van der Waals surface area contributed by atoms with Gasteiger partial charge in [0.05, 0.1) is 12.4 Å². The summed E-state index contributed by atoms with van der Waals surface area (Å²) in [5.74, 6) is 0. The number of benzene rings is 1. The molecule has 0 N–H and O–H groups in total. The quantitative estimate of drug-likeness (QED) is 0.763. The first-order valence-electron chi connectivity index (χ1n) is 3.90. The zero-order chi connectivity index (χ0) is 9.26. The van der Waals surface area contributed by atoms with Gasteiger partial charge in [0.1, 0.15) is 5.69 Å². The predicted molar refractivity (Wildman–Crippen MR) is 53.8 cm³/mol. The Hall–Kier alpha value is -1.16. The average molecular weight is 238 g/mol. The van der Waals surface area contributed by atoms with Crippen LogP contribution in [0.25, 0.3) is 5.69 Å². The van der Waals surface area contributed by atoms with E-state index in [0.717, 1.165) is 10.2 Å². The number of nitrogens with zero attached hydrogens (tertiary/aromatic N) is 3. The van der Waals surface area contributed by atoms with Crippen molar-refractivity contribution in [2.75, 3.05) is 0 Å². The fourth-order valence-corrected chi connectivity index (χ4v) is 1.52. The van der Waals surface area contributed by atoms with Crippen LogP contribution in [0.5, 0.6) is 0 Å². The number of aromatic nitrogens is 3. The van der Waals surface area contributed by atoms with E-state index >= 15 is 0 Å². The molecule has 0 fully saturated rings. The molecule has 0 radical (unpaired) electrons. The SMILES string of the molecule is Cc1ccc(Br)c(-n2nccn2)c1. The zero-order valence-corrected chi connectivity index (χ0v) is 8.69. The van der Waals surface area contributed by atoms with E-state index in [9.17, 15) is 0 Å². The second-order valence-corrected chi connectivity index (χ2v) is 3.63. The highest BCUT2D eigenvalue weighted by atomic mass is 79.9. The number of rotatable bonds is 1. The molecule has 2 rings (SSSR count). The number of aryl methyl sites for hydroxylation is 1. The molecule has 1 aromatic carbocycles. The van der Waals surface area contributed by atoms with Gasteiger partial charge in [0.15, 0.2) is 0 Å². The molecule has 0 unspecified atom stereocenters. The molecule has 66 valence electrons. The van der Waals surface area contributed by atoms with E-state index in [1.54, 1.807) is 17.2 Å². The maximum Gasteiger partial charge on any atom is 0.100 e. The third-order valence-corrected chi connectivity index (χ3v) is 2.41. The summed E-state index contributed by atoms with van der Waals surface area (Å²) in [5.41, 5.74) is 2.15. The van der Waals surface area contributed by atoms with Gasteiger partial charge in [-0.2, -0.15) is 15.0 Å². The summed E-state index contributed by atoms with van der Waals surface area (Å²) in [4.78, 5) is 1.59. The second-order valence-electron chi connectivity index (χ2n) is 2.77. The Morgan fingerprint density at radius 3 is 2.62 bits per heavy atom. The molecule has 3 nitrogen and oxygen atoms in total. The topological polar surface area (TPSA) is 30.7 Å². The summed E-state index contributed by atoms with van der Waals surface area (Å²) >= 11 is 3.45. The second kappa shape index (κ2) is 3.30. The van der Waals surface area contributed by atoms with Gasteiger partial charge in [-0.3, -0.25) is 0 Å². The number of hydrogen-bond acceptors (Lipinski definition) is 2. The van der Waals surface area contributed by atoms with E-state index in [4.69, 9.17) is 0 Å². The van der Waals surface area contributed by atoms with Crippen LogP contribution >= 0.6 is 15.9 Å². The third kappa shape index (κ3) is 1.62. The van der Waals surface area contributed by atoms with Crippen molar-refractivity contribution < 1.29 is 0 Å². The van der Waals surface area contributed by atoms with Crippen LogP contribution in [0.2, 0.25) is 0 Å². The highest BCUT2D eigenvalue weighted by molar-refractivity contribution is 9.10. The Morgan fingerprint density at radius 2 is 1.92 bits per heavy atom. The zero-order valence-electron chi connectivity index (χ0n) is 7.11. The Bertz CT molecular complexity index is 409. The summed E-state index contributed by atoms with van der Waals surface area (Å²) in [6, 6.07) is 6.06. The van der Waals surface area contributed by atoms with Gasteiger partial charge in [-0.05, 0) is 40.5 Å². The summed E-state index contributed by atoms with van der Waals surface area (Å²) < 4.78 is 0.995. The fourth-order valence-electron chi connectivity index (χ4n) is 1.12. The summed E-state index contributed by atoms with van der Waals surface area (Å²) in [7, 11) is 0. The monoisotopic (exact) mass is 237 g/mol. The molecule has 0 saturated heterocycles. The minimum atomic E-state index is 0.963. The maximum atomic E-state index is 4.06. The summed E-state index contributed by atoms with van der Waals surface area (Å²) in [6.45, 7) is 2.04. The maximum absolute atomic E-state index is 4.06. The molecule has 0 amide bonds. The van der Waals surface area contributed by atoms with Crippen molar-refractivity contribution in [3.05, 3.63) is 40.6 Å². The Kier molecular flexibility index (Phi) is 2.14. The Labute approximate surface area is 84.5 Å². The lowest BCUT2D eigenvalue weighted by Gasteiger charge is -2.03. The summed E-state index contributed by atoms with van der Waals surface area (Å²) in [5, 5.41) is 8.13. The summed E-state index contributed by atoms with van der Waals surface area (Å²) in [6.07, 6.45) is 3.32. The van der Waals surface area contributed by atoms with Crippen molar-refractivity contribution in [1.82, 2.24) is 15.0 Å². The van der Waals surface area contributed by atoms with Crippen molar-refractivity contribution in [2.45, 2.75) is 6.92 Å². The predicted octanol–water partition coefficient (Wildman–Crippen LogP) is 2.34. The minimum Gasteiger partial charge on any atom is -0.157 e. The first-order valence-corrected chi connectivity index (χ1v) is 4.69. The largest absolute Gasteiger partial charge is 0.157 e. The van der Waals surface area contributed by atoms with Crippen LogP contribution in [-0.4, -0.2) is 15.0 Å². The lowest BCUT2D eigenvalue weighted by molar-refractivity contribution is 0.748. The third-order valence-electron chi connectivity index (χ3n) is 1.74. The average Bonchev–Trinajstić information content (AvgIpc) is 2.61. The van der Waals surface area contributed by atoms with Crippen molar-refractivity contribution >= 4 is 15.9 Å². The Balaban J connectivity index is 2.57. The van der Waals surface area contributed by atoms with Crippen LogP contribution in [0, 0.1) is 6.92 Å². The van der Waals surface area contributed by atoms with E-state index in [0.29, 0.717) is 0 Å². The molecule has 0 saturated carbocycles. The molecule has 0 bridgehead atoms. The highest BCUT2D eigenvalue weighted by Gasteiger charge is 2.02. The number of halogens is 1. The van der Waals surface area contributed by atoms with E-state index in [1.807, 2.05) is 25.1 Å². The van der Waals surface area contributed by atoms with E-state index in [-0.39, 0.29) is 0 Å². The molecule has 0 aliphatic rings. The minimum absolute atomic E-state index is 0.963. The van der Waals surface area contributed by atoms with E-state index in [2.05, 4.69) is 26.1 Å². The van der Waals surface area contributed by atoms with Gasteiger partial charge in [-0.1, -0.05) is 6.07 Å². The lowest BCUT2D eigenvalue weighted by Crippen LogP contribution is -1.99. The molecule has 0 spiro atoms. The van der Waals surface area contributed by atoms with Crippen LogP contribution in [-0.2, 0) is 0 Å². The molecule has 1 heterocycles. The van der Waals surface area contributed by atoms with Crippen LogP contribution in [0.4, 0.5) is 0 Å². The van der Waals surface area contributed by atoms with E-state index < -0.39 is 0 Å².